The van der Waals surface area contributed by atoms with Crippen LogP contribution in [0, 0.1) is 0 Å². The van der Waals surface area contributed by atoms with Gasteiger partial charge < -0.3 is 10.6 Å². The molecule has 0 saturated carbocycles. The normalized spacial score (nSPS) is 23.2. The van der Waals surface area contributed by atoms with Gasteiger partial charge in [-0.1, -0.05) is 6.92 Å². The Balaban J connectivity index is 2.50. The molecule has 2 unspecified atom stereocenters. The second-order valence-electron chi connectivity index (χ2n) is 4.94. The molecule has 1 aromatic rings. The van der Waals surface area contributed by atoms with Gasteiger partial charge in [-0.2, -0.15) is 24.9 Å². The molecule has 0 aromatic carbocycles. The summed E-state index contributed by atoms with van der Waals surface area (Å²) in [6.07, 6.45) is -4.55. The molecule has 21 heavy (non-hydrogen) atoms. The van der Waals surface area contributed by atoms with E-state index in [0.717, 1.165) is 17.9 Å². The van der Waals surface area contributed by atoms with E-state index in [4.69, 9.17) is 5.73 Å². The van der Waals surface area contributed by atoms with Gasteiger partial charge in [-0.25, -0.2) is 4.98 Å². The Hall–Kier alpha value is -1.44. The molecular weight excluding hydrogens is 303 g/mol. The number of hydrogen-bond acceptors (Lipinski definition) is 4. The Kier molecular flexibility index (Phi) is 4.36. The number of pyridine rings is 1. The minimum Gasteiger partial charge on any atom is -0.365 e. The van der Waals surface area contributed by atoms with Crippen molar-refractivity contribution in [3.63, 3.8) is 0 Å². The number of amides is 1. The molecule has 0 bridgehead atoms. The molecule has 4 nitrogen and oxygen atoms in total. The fourth-order valence-corrected chi connectivity index (χ4v) is 3.35. The maximum atomic E-state index is 12.8. The third kappa shape index (κ3) is 3.25. The van der Waals surface area contributed by atoms with Crippen LogP contribution in [-0.2, 0) is 6.18 Å². The molecular formula is C13H16F3N3OS. The molecule has 1 aromatic heterocycles. The number of hydrogen-bond donors (Lipinski definition) is 1. The number of rotatable bonds is 2. The number of halogens is 3. The Morgan fingerprint density at radius 1 is 1.43 bits per heavy atom. The predicted molar refractivity (Wildman–Crippen MR) is 76.5 cm³/mol. The van der Waals surface area contributed by atoms with Crippen LogP contribution in [0.4, 0.5) is 19.0 Å². The first kappa shape index (κ1) is 15.9. The second kappa shape index (κ2) is 5.75. The molecule has 116 valence electrons. The lowest BCUT2D eigenvalue weighted by atomic mass is 10.1. The monoisotopic (exact) mass is 319 g/mol. The molecule has 1 aliphatic heterocycles. The van der Waals surface area contributed by atoms with Crippen molar-refractivity contribution < 1.29 is 18.0 Å². The van der Waals surface area contributed by atoms with E-state index in [1.807, 2.05) is 13.8 Å². The van der Waals surface area contributed by atoms with Crippen molar-refractivity contribution in [2.75, 3.05) is 17.2 Å². The van der Waals surface area contributed by atoms with Crippen LogP contribution in [0.1, 0.15) is 29.9 Å². The van der Waals surface area contributed by atoms with E-state index in [2.05, 4.69) is 4.98 Å². The van der Waals surface area contributed by atoms with Crippen LogP contribution < -0.4 is 10.6 Å². The number of carbonyl (C=O) groups excluding carboxylic acids is 1. The zero-order valence-corrected chi connectivity index (χ0v) is 12.5. The molecule has 8 heteroatoms. The first-order chi connectivity index (χ1) is 9.71. The maximum absolute atomic E-state index is 12.8. The van der Waals surface area contributed by atoms with Gasteiger partial charge in [-0.3, -0.25) is 4.79 Å². The summed E-state index contributed by atoms with van der Waals surface area (Å²) in [4.78, 5) is 16.9. The first-order valence-electron chi connectivity index (χ1n) is 6.48. The van der Waals surface area contributed by atoms with E-state index < -0.39 is 17.8 Å². The molecule has 1 fully saturated rings. The van der Waals surface area contributed by atoms with Crippen molar-refractivity contribution in [3.05, 3.63) is 23.4 Å². The fourth-order valence-electron chi connectivity index (χ4n) is 2.25. The Labute approximate surface area is 124 Å². The highest BCUT2D eigenvalue weighted by Crippen LogP contribution is 2.34. The minimum absolute atomic E-state index is 0.0222. The largest absolute Gasteiger partial charge is 0.433 e. The Morgan fingerprint density at radius 3 is 2.67 bits per heavy atom. The van der Waals surface area contributed by atoms with Crippen LogP contribution in [0.15, 0.2) is 12.1 Å². The Bertz CT molecular complexity index is 550. The van der Waals surface area contributed by atoms with Crippen LogP contribution in [-0.4, -0.2) is 34.5 Å². The van der Waals surface area contributed by atoms with Crippen molar-refractivity contribution in [1.29, 1.82) is 0 Å². The number of nitrogens with zero attached hydrogens (tertiary/aromatic N) is 2. The quantitative estimate of drug-likeness (QED) is 0.910. The molecule has 1 amide bonds. The lowest BCUT2D eigenvalue weighted by Crippen LogP contribution is -2.46. The summed E-state index contributed by atoms with van der Waals surface area (Å²) >= 11 is 1.74. The molecule has 2 heterocycles. The SMILES string of the molecule is CC1SCCN(c2nc(C(F)(F)F)ccc2C(N)=O)C1C. The predicted octanol–water partition coefficient (Wildman–Crippen LogP) is 2.53. The van der Waals surface area contributed by atoms with Gasteiger partial charge in [0.15, 0.2) is 0 Å². The molecule has 2 rings (SSSR count). The average molecular weight is 319 g/mol. The van der Waals surface area contributed by atoms with Gasteiger partial charge in [0.25, 0.3) is 5.91 Å². The number of nitrogens with two attached hydrogens (primary N) is 1. The first-order valence-corrected chi connectivity index (χ1v) is 7.53. The van der Waals surface area contributed by atoms with Gasteiger partial charge in [0.2, 0.25) is 0 Å². The molecule has 2 atom stereocenters. The highest BCUT2D eigenvalue weighted by molar-refractivity contribution is 8.00. The van der Waals surface area contributed by atoms with E-state index in [0.29, 0.717) is 6.54 Å². The van der Waals surface area contributed by atoms with E-state index in [9.17, 15) is 18.0 Å². The fraction of sp³-hybridized carbons (Fsp3) is 0.538. The van der Waals surface area contributed by atoms with Crippen molar-refractivity contribution in [1.82, 2.24) is 4.98 Å². The van der Waals surface area contributed by atoms with Crippen molar-refractivity contribution >= 4 is 23.5 Å². The zero-order chi connectivity index (χ0) is 15.8. The van der Waals surface area contributed by atoms with E-state index >= 15 is 0 Å². The second-order valence-corrected chi connectivity index (χ2v) is 6.42. The molecule has 0 radical (unpaired) electrons. The summed E-state index contributed by atoms with van der Waals surface area (Å²) in [5, 5.41) is 0.232. The lowest BCUT2D eigenvalue weighted by Gasteiger charge is -2.39. The average Bonchev–Trinajstić information content (AvgIpc) is 2.40. The number of carbonyl (C=O) groups is 1. The van der Waals surface area contributed by atoms with E-state index in [-0.39, 0.29) is 22.7 Å². The number of primary amides is 1. The van der Waals surface area contributed by atoms with Crippen molar-refractivity contribution in [2.45, 2.75) is 31.3 Å². The summed E-state index contributed by atoms with van der Waals surface area (Å²) in [5.41, 5.74) is 4.28. The number of thioether (sulfide) groups is 1. The smallest absolute Gasteiger partial charge is 0.365 e. The number of alkyl halides is 3. The van der Waals surface area contributed by atoms with Crippen molar-refractivity contribution in [3.8, 4) is 0 Å². The van der Waals surface area contributed by atoms with E-state index in [1.165, 1.54) is 0 Å². The number of anilines is 1. The lowest BCUT2D eigenvalue weighted by molar-refractivity contribution is -0.141. The standard InChI is InChI=1S/C13H16F3N3OS/c1-7-8(2)21-6-5-19(7)12-9(11(17)20)3-4-10(18-12)13(14,15)16/h3-4,7-8H,5-6H2,1-2H3,(H2,17,20). The van der Waals surface area contributed by atoms with Gasteiger partial charge in [-0.05, 0) is 19.1 Å². The molecule has 1 aliphatic rings. The molecule has 0 aliphatic carbocycles. The summed E-state index contributed by atoms with van der Waals surface area (Å²) in [6, 6.07) is 1.86. The van der Waals surface area contributed by atoms with Crippen molar-refractivity contribution in [2.24, 2.45) is 5.73 Å². The van der Waals surface area contributed by atoms with Crippen LogP contribution in [0.5, 0.6) is 0 Å². The third-order valence-corrected chi connectivity index (χ3v) is 4.92. The number of aromatic nitrogens is 1. The summed E-state index contributed by atoms with van der Waals surface area (Å²) in [5.74, 6) is 0.0167. The molecule has 2 N–H and O–H groups in total. The maximum Gasteiger partial charge on any atom is 0.433 e. The minimum atomic E-state index is -4.55. The van der Waals surface area contributed by atoms with Crippen LogP contribution >= 0.6 is 11.8 Å². The Morgan fingerprint density at radius 2 is 2.10 bits per heavy atom. The molecule has 1 saturated heterocycles. The topological polar surface area (TPSA) is 59.2 Å². The summed E-state index contributed by atoms with van der Waals surface area (Å²) < 4.78 is 38.5. The van der Waals surface area contributed by atoms with Gasteiger partial charge in [0.05, 0.1) is 5.56 Å². The zero-order valence-electron chi connectivity index (χ0n) is 11.6. The van der Waals surface area contributed by atoms with Crippen LogP contribution in [0.3, 0.4) is 0 Å². The third-order valence-electron chi connectivity index (χ3n) is 3.59. The van der Waals surface area contributed by atoms with E-state index in [1.54, 1.807) is 16.7 Å². The van der Waals surface area contributed by atoms with Crippen LogP contribution in [0.25, 0.3) is 0 Å². The highest BCUT2D eigenvalue weighted by Gasteiger charge is 2.35. The van der Waals surface area contributed by atoms with Crippen LogP contribution in [0.2, 0.25) is 0 Å². The van der Waals surface area contributed by atoms with Gasteiger partial charge in [0, 0.05) is 23.6 Å². The van der Waals surface area contributed by atoms with Gasteiger partial charge in [0.1, 0.15) is 11.5 Å². The summed E-state index contributed by atoms with van der Waals surface area (Å²) in [7, 11) is 0. The van der Waals surface area contributed by atoms with Gasteiger partial charge in [-0.15, -0.1) is 0 Å². The highest BCUT2D eigenvalue weighted by atomic mass is 32.2. The van der Waals surface area contributed by atoms with Gasteiger partial charge >= 0.3 is 6.18 Å². The summed E-state index contributed by atoms with van der Waals surface area (Å²) in [6.45, 7) is 4.44. The molecule has 0 spiro atoms.